The molecule has 0 bridgehead atoms. The summed E-state index contributed by atoms with van der Waals surface area (Å²) in [6, 6.07) is 6.16. The molecule has 1 saturated heterocycles. The van der Waals surface area contributed by atoms with Crippen molar-refractivity contribution in [2.45, 2.75) is 37.6 Å². The van der Waals surface area contributed by atoms with Crippen LogP contribution in [0.3, 0.4) is 0 Å². The molecule has 0 amide bonds. The lowest BCUT2D eigenvalue weighted by molar-refractivity contribution is -0.274. The fraction of sp³-hybridized carbons (Fsp3) is 0.400. The third kappa shape index (κ3) is 2.86. The number of anilines is 1. The van der Waals surface area contributed by atoms with E-state index in [4.69, 9.17) is 15.2 Å². The fourth-order valence-corrected chi connectivity index (χ4v) is 3.07. The average Bonchev–Trinajstić information content (AvgIpc) is 3.04. The van der Waals surface area contributed by atoms with Gasteiger partial charge in [-0.25, -0.2) is 0 Å². The second-order valence-electron chi connectivity index (χ2n) is 5.77. The van der Waals surface area contributed by atoms with Crippen LogP contribution < -0.4 is 15.2 Å². The van der Waals surface area contributed by atoms with Crippen molar-refractivity contribution >= 4 is 5.82 Å². The summed E-state index contributed by atoms with van der Waals surface area (Å²) in [6.07, 6.45) is -2.97. The van der Waals surface area contributed by atoms with Gasteiger partial charge in [0.05, 0.1) is 18.8 Å². The molecule has 128 valence electrons. The number of halogens is 3. The molecule has 0 spiro atoms. The summed E-state index contributed by atoms with van der Waals surface area (Å²) in [4.78, 5) is 4.09. The third-order valence-electron chi connectivity index (χ3n) is 4.08. The first-order valence-corrected chi connectivity index (χ1v) is 7.38. The van der Waals surface area contributed by atoms with E-state index >= 15 is 0 Å². The lowest BCUT2D eigenvalue weighted by atomic mass is 10.0. The summed E-state index contributed by atoms with van der Waals surface area (Å²) >= 11 is 0. The van der Waals surface area contributed by atoms with Crippen LogP contribution in [0.15, 0.2) is 30.5 Å². The van der Waals surface area contributed by atoms with Gasteiger partial charge in [-0.3, -0.25) is 4.57 Å². The minimum atomic E-state index is -4.70. The zero-order valence-electron chi connectivity index (χ0n) is 12.4. The summed E-state index contributed by atoms with van der Waals surface area (Å²) in [7, 11) is 0. The number of nitrogens with two attached hydrogens (primary N) is 1. The molecule has 3 unspecified atom stereocenters. The molecule has 0 radical (unpaired) electrons. The summed E-state index contributed by atoms with van der Waals surface area (Å²) < 4.78 is 54.0. The molecule has 3 heterocycles. The van der Waals surface area contributed by atoms with Crippen LogP contribution >= 0.6 is 0 Å². The maximum absolute atomic E-state index is 12.2. The number of aromatic nitrogens is 2. The molecule has 2 aromatic rings. The van der Waals surface area contributed by atoms with Crippen LogP contribution in [0.5, 0.6) is 11.8 Å². The Morgan fingerprint density at radius 3 is 2.67 bits per heavy atom. The van der Waals surface area contributed by atoms with Gasteiger partial charge in [-0.2, -0.15) is 4.98 Å². The number of alkyl halides is 3. The first-order valence-electron chi connectivity index (χ1n) is 7.38. The highest BCUT2D eigenvalue weighted by Gasteiger charge is 2.41. The number of rotatable bonds is 2. The van der Waals surface area contributed by atoms with Crippen molar-refractivity contribution in [1.29, 1.82) is 0 Å². The van der Waals surface area contributed by atoms with Crippen LogP contribution in [-0.2, 0) is 11.3 Å². The molecule has 9 heteroatoms. The molecule has 1 fully saturated rings. The molecule has 1 aromatic heterocycles. The fourth-order valence-electron chi connectivity index (χ4n) is 3.07. The molecule has 6 nitrogen and oxygen atoms in total. The minimum Gasteiger partial charge on any atom is -0.458 e. The molecule has 4 rings (SSSR count). The molecule has 2 N–H and O–H groups in total. The van der Waals surface area contributed by atoms with Gasteiger partial charge in [-0.15, -0.1) is 13.2 Å². The topological polar surface area (TPSA) is 71.5 Å². The molecular formula is C15H14F3N3O3. The van der Waals surface area contributed by atoms with E-state index in [1.807, 2.05) is 0 Å². The molecular weight excluding hydrogens is 327 g/mol. The van der Waals surface area contributed by atoms with Crippen molar-refractivity contribution in [1.82, 2.24) is 9.55 Å². The maximum atomic E-state index is 12.2. The van der Waals surface area contributed by atoms with Gasteiger partial charge in [0.2, 0.25) is 0 Å². The molecule has 1 aromatic carbocycles. The Labute approximate surface area is 134 Å². The van der Waals surface area contributed by atoms with Crippen LogP contribution in [0.1, 0.15) is 18.1 Å². The van der Waals surface area contributed by atoms with E-state index in [0.717, 1.165) is 5.56 Å². The molecule has 2 aliphatic rings. The lowest BCUT2D eigenvalue weighted by Crippen LogP contribution is -2.36. The van der Waals surface area contributed by atoms with Crippen molar-refractivity contribution in [2.24, 2.45) is 0 Å². The third-order valence-corrected chi connectivity index (χ3v) is 4.08. The zero-order valence-corrected chi connectivity index (χ0v) is 12.4. The van der Waals surface area contributed by atoms with E-state index in [1.165, 1.54) is 12.1 Å². The molecule has 2 aliphatic heterocycles. The predicted octanol–water partition coefficient (Wildman–Crippen LogP) is 2.66. The average molecular weight is 341 g/mol. The first-order chi connectivity index (χ1) is 11.4. The smallest absolute Gasteiger partial charge is 0.458 e. The number of hydrogen-bond donors (Lipinski definition) is 1. The maximum Gasteiger partial charge on any atom is 0.573 e. The summed E-state index contributed by atoms with van der Waals surface area (Å²) in [5.41, 5.74) is 6.42. The number of nitrogens with zero attached hydrogens (tertiary/aromatic N) is 2. The minimum absolute atomic E-state index is 0.151. The number of fused-ring (bicyclic) bond motifs is 2. The van der Waals surface area contributed by atoms with Crippen LogP contribution in [-0.4, -0.2) is 28.1 Å². The number of hydrogen-bond acceptors (Lipinski definition) is 5. The molecule has 24 heavy (non-hydrogen) atoms. The van der Waals surface area contributed by atoms with Gasteiger partial charge in [0.1, 0.15) is 23.8 Å². The second-order valence-corrected chi connectivity index (χ2v) is 5.77. The van der Waals surface area contributed by atoms with Crippen molar-refractivity contribution in [3.63, 3.8) is 0 Å². The van der Waals surface area contributed by atoms with Gasteiger partial charge in [-0.1, -0.05) is 12.1 Å². The second kappa shape index (κ2) is 5.30. The van der Waals surface area contributed by atoms with Gasteiger partial charge in [0.25, 0.3) is 6.01 Å². The van der Waals surface area contributed by atoms with E-state index in [9.17, 15) is 13.2 Å². The number of imidazole rings is 1. The summed E-state index contributed by atoms with van der Waals surface area (Å²) in [6.45, 7) is 0.579. The number of nitrogen functional groups attached to an aromatic ring is 1. The Morgan fingerprint density at radius 1 is 1.21 bits per heavy atom. The number of benzene rings is 1. The molecule has 0 aliphatic carbocycles. The van der Waals surface area contributed by atoms with Gasteiger partial charge in [0, 0.05) is 6.42 Å². The Kier molecular flexibility index (Phi) is 3.34. The van der Waals surface area contributed by atoms with Crippen molar-refractivity contribution in [3.8, 4) is 11.8 Å². The Bertz CT molecular complexity index is 713. The standard InChI is InChI=1S/C15H14F3N3O3/c16-15(17,18)24-9-3-1-8(2-4-9)10-5-11-12(22-10)6-21-7-13(19)20-14(21)23-11/h1-4,7,10-12H,5-6,19H2. The zero-order chi connectivity index (χ0) is 16.9. The first kappa shape index (κ1) is 15.1. The highest BCUT2D eigenvalue weighted by atomic mass is 19.4. The van der Waals surface area contributed by atoms with E-state index in [1.54, 1.807) is 22.9 Å². The quantitative estimate of drug-likeness (QED) is 0.909. The number of ether oxygens (including phenoxy) is 3. The van der Waals surface area contributed by atoms with Crippen LogP contribution in [0.4, 0.5) is 19.0 Å². The van der Waals surface area contributed by atoms with Crippen molar-refractivity contribution in [2.75, 3.05) is 5.73 Å². The SMILES string of the molecule is Nc1cn2c(n1)OC1CC(c3ccc(OC(F)(F)F)cc3)OC1C2. The predicted molar refractivity (Wildman–Crippen MR) is 76.4 cm³/mol. The lowest BCUT2D eigenvalue weighted by Gasteiger charge is -2.25. The highest BCUT2D eigenvalue weighted by Crippen LogP contribution is 2.39. The van der Waals surface area contributed by atoms with Gasteiger partial charge in [0.15, 0.2) is 0 Å². The monoisotopic (exact) mass is 341 g/mol. The van der Waals surface area contributed by atoms with Crippen LogP contribution in [0.25, 0.3) is 0 Å². The van der Waals surface area contributed by atoms with E-state index in [0.29, 0.717) is 24.8 Å². The normalized spacial score (nSPS) is 25.7. The van der Waals surface area contributed by atoms with Gasteiger partial charge < -0.3 is 19.9 Å². The van der Waals surface area contributed by atoms with E-state index in [2.05, 4.69) is 9.72 Å². The Hall–Kier alpha value is -2.42. The van der Waals surface area contributed by atoms with Crippen molar-refractivity contribution in [3.05, 3.63) is 36.0 Å². The molecule has 3 atom stereocenters. The summed E-state index contributed by atoms with van der Waals surface area (Å²) in [5.74, 6) is 0.135. The van der Waals surface area contributed by atoms with E-state index in [-0.39, 0.29) is 24.1 Å². The van der Waals surface area contributed by atoms with E-state index < -0.39 is 6.36 Å². The summed E-state index contributed by atoms with van der Waals surface area (Å²) in [5, 5.41) is 0. The van der Waals surface area contributed by atoms with Gasteiger partial charge >= 0.3 is 6.36 Å². The largest absolute Gasteiger partial charge is 0.573 e. The Balaban J connectivity index is 1.45. The van der Waals surface area contributed by atoms with Crippen LogP contribution in [0.2, 0.25) is 0 Å². The highest BCUT2D eigenvalue weighted by molar-refractivity contribution is 5.31. The Morgan fingerprint density at radius 2 is 1.96 bits per heavy atom. The van der Waals surface area contributed by atoms with Gasteiger partial charge in [-0.05, 0) is 17.7 Å². The molecule has 0 saturated carbocycles. The van der Waals surface area contributed by atoms with Crippen molar-refractivity contribution < 1.29 is 27.4 Å². The van der Waals surface area contributed by atoms with Crippen LogP contribution in [0, 0.1) is 0 Å².